The standard InChI is InChI=1S/C13H14ClN3O/c1-7-4-5-11(10(14)6-7)18-13-8(2)12(15)16-9(3)17-13/h4-6H,1-3H3,(H2,15,16,17). The van der Waals surface area contributed by atoms with Gasteiger partial charge in [-0.25, -0.2) is 4.98 Å². The maximum absolute atomic E-state index is 6.11. The fraction of sp³-hybridized carbons (Fsp3) is 0.231. The third-order valence-corrected chi connectivity index (χ3v) is 2.84. The van der Waals surface area contributed by atoms with Crippen LogP contribution >= 0.6 is 11.6 Å². The number of benzene rings is 1. The summed E-state index contributed by atoms with van der Waals surface area (Å²) in [4.78, 5) is 8.29. The molecule has 0 aliphatic rings. The molecular formula is C13H14ClN3O. The summed E-state index contributed by atoms with van der Waals surface area (Å²) in [5, 5.41) is 0.546. The Labute approximate surface area is 111 Å². The fourth-order valence-electron chi connectivity index (χ4n) is 1.52. The van der Waals surface area contributed by atoms with Crippen LogP contribution in [0.1, 0.15) is 17.0 Å². The van der Waals surface area contributed by atoms with Crippen LogP contribution in [0, 0.1) is 20.8 Å². The first-order valence-corrected chi connectivity index (χ1v) is 5.90. The van der Waals surface area contributed by atoms with Gasteiger partial charge in [-0.2, -0.15) is 4.98 Å². The van der Waals surface area contributed by atoms with Crippen molar-refractivity contribution in [2.24, 2.45) is 0 Å². The van der Waals surface area contributed by atoms with Gasteiger partial charge in [0.2, 0.25) is 5.88 Å². The third-order valence-electron chi connectivity index (χ3n) is 2.54. The van der Waals surface area contributed by atoms with E-state index in [1.165, 1.54) is 0 Å². The zero-order chi connectivity index (χ0) is 13.3. The Bertz CT molecular complexity index is 599. The lowest BCUT2D eigenvalue weighted by atomic mass is 10.2. The number of rotatable bonds is 2. The van der Waals surface area contributed by atoms with Gasteiger partial charge in [0.25, 0.3) is 0 Å². The molecule has 0 radical (unpaired) electrons. The van der Waals surface area contributed by atoms with E-state index < -0.39 is 0 Å². The lowest BCUT2D eigenvalue weighted by Gasteiger charge is -2.11. The van der Waals surface area contributed by atoms with Crippen molar-refractivity contribution in [2.75, 3.05) is 5.73 Å². The van der Waals surface area contributed by atoms with Crippen LogP contribution in [-0.2, 0) is 0 Å². The Balaban J connectivity index is 2.40. The number of nitrogens with zero attached hydrogens (tertiary/aromatic N) is 2. The molecule has 0 aliphatic carbocycles. The molecule has 0 unspecified atom stereocenters. The molecule has 0 aliphatic heterocycles. The van der Waals surface area contributed by atoms with Crippen molar-refractivity contribution in [3.05, 3.63) is 40.2 Å². The van der Waals surface area contributed by atoms with Gasteiger partial charge >= 0.3 is 0 Å². The van der Waals surface area contributed by atoms with Gasteiger partial charge in [0.15, 0.2) is 0 Å². The molecule has 4 nitrogen and oxygen atoms in total. The van der Waals surface area contributed by atoms with Crippen molar-refractivity contribution >= 4 is 17.4 Å². The van der Waals surface area contributed by atoms with Gasteiger partial charge in [0.1, 0.15) is 17.4 Å². The molecule has 94 valence electrons. The number of aromatic nitrogens is 2. The van der Waals surface area contributed by atoms with E-state index in [4.69, 9.17) is 22.1 Å². The molecule has 0 saturated heterocycles. The van der Waals surface area contributed by atoms with E-state index >= 15 is 0 Å². The average Bonchev–Trinajstić information content (AvgIpc) is 2.29. The van der Waals surface area contributed by atoms with E-state index in [0.717, 1.165) is 5.56 Å². The molecule has 2 N–H and O–H groups in total. The molecule has 2 aromatic rings. The summed E-state index contributed by atoms with van der Waals surface area (Å²) in [5.74, 6) is 1.98. The summed E-state index contributed by atoms with van der Waals surface area (Å²) in [6, 6.07) is 5.57. The lowest BCUT2D eigenvalue weighted by Crippen LogP contribution is -2.02. The molecule has 0 bridgehead atoms. The van der Waals surface area contributed by atoms with Crippen molar-refractivity contribution < 1.29 is 4.74 Å². The first-order valence-electron chi connectivity index (χ1n) is 5.52. The molecule has 0 amide bonds. The van der Waals surface area contributed by atoms with Crippen LogP contribution in [0.2, 0.25) is 5.02 Å². The fourth-order valence-corrected chi connectivity index (χ4v) is 1.79. The number of hydrogen-bond acceptors (Lipinski definition) is 4. The summed E-state index contributed by atoms with van der Waals surface area (Å²) in [5.41, 5.74) is 7.55. The molecule has 2 rings (SSSR count). The highest BCUT2D eigenvalue weighted by Gasteiger charge is 2.11. The van der Waals surface area contributed by atoms with Gasteiger partial charge in [0.05, 0.1) is 10.6 Å². The molecule has 0 spiro atoms. The largest absolute Gasteiger partial charge is 0.437 e. The number of aryl methyl sites for hydroxylation is 2. The molecular weight excluding hydrogens is 250 g/mol. The lowest BCUT2D eigenvalue weighted by molar-refractivity contribution is 0.456. The first-order chi connectivity index (χ1) is 8.47. The SMILES string of the molecule is Cc1ccc(Oc2nc(C)nc(N)c2C)c(Cl)c1. The highest BCUT2D eigenvalue weighted by molar-refractivity contribution is 6.32. The quantitative estimate of drug-likeness (QED) is 0.902. The van der Waals surface area contributed by atoms with Gasteiger partial charge in [-0.15, -0.1) is 0 Å². The Kier molecular flexibility index (Phi) is 3.39. The molecule has 5 heteroatoms. The van der Waals surface area contributed by atoms with E-state index in [1.54, 1.807) is 6.92 Å². The smallest absolute Gasteiger partial charge is 0.227 e. The van der Waals surface area contributed by atoms with Crippen molar-refractivity contribution in [1.29, 1.82) is 0 Å². The minimum absolute atomic E-state index is 0.417. The van der Waals surface area contributed by atoms with Crippen molar-refractivity contribution in [3.63, 3.8) is 0 Å². The number of nitrogens with two attached hydrogens (primary N) is 1. The Morgan fingerprint density at radius 2 is 1.89 bits per heavy atom. The minimum atomic E-state index is 0.417. The predicted octanol–water partition coefficient (Wildman–Crippen LogP) is 3.43. The van der Waals surface area contributed by atoms with Gasteiger partial charge in [-0.1, -0.05) is 17.7 Å². The molecule has 1 heterocycles. The Morgan fingerprint density at radius 3 is 2.56 bits per heavy atom. The van der Waals surface area contributed by atoms with E-state index in [1.807, 2.05) is 32.0 Å². The van der Waals surface area contributed by atoms with Crippen molar-refractivity contribution in [3.8, 4) is 11.6 Å². The number of halogens is 1. The minimum Gasteiger partial charge on any atom is -0.437 e. The van der Waals surface area contributed by atoms with E-state index in [-0.39, 0.29) is 0 Å². The third kappa shape index (κ3) is 2.54. The molecule has 0 atom stereocenters. The number of ether oxygens (including phenoxy) is 1. The predicted molar refractivity (Wildman–Crippen MR) is 72.2 cm³/mol. The Hall–Kier alpha value is -1.81. The van der Waals surface area contributed by atoms with Crippen LogP contribution in [0.5, 0.6) is 11.6 Å². The molecule has 0 saturated carbocycles. The second-order valence-corrected chi connectivity index (χ2v) is 4.53. The number of nitrogen functional groups attached to an aromatic ring is 1. The van der Waals surface area contributed by atoms with Crippen LogP contribution in [0.3, 0.4) is 0 Å². The summed E-state index contributed by atoms with van der Waals surface area (Å²) in [7, 11) is 0. The highest BCUT2D eigenvalue weighted by atomic mass is 35.5. The maximum atomic E-state index is 6.11. The summed E-state index contributed by atoms with van der Waals surface area (Å²) < 4.78 is 5.69. The second-order valence-electron chi connectivity index (χ2n) is 4.12. The van der Waals surface area contributed by atoms with Crippen LogP contribution in [0.4, 0.5) is 5.82 Å². The van der Waals surface area contributed by atoms with Crippen molar-refractivity contribution in [2.45, 2.75) is 20.8 Å². The Morgan fingerprint density at radius 1 is 1.17 bits per heavy atom. The molecule has 0 fully saturated rings. The summed E-state index contributed by atoms with van der Waals surface area (Å²) in [6.07, 6.45) is 0. The summed E-state index contributed by atoms with van der Waals surface area (Å²) in [6.45, 7) is 5.54. The normalized spacial score (nSPS) is 10.4. The number of hydrogen-bond donors (Lipinski definition) is 1. The maximum Gasteiger partial charge on any atom is 0.227 e. The molecule has 18 heavy (non-hydrogen) atoms. The van der Waals surface area contributed by atoms with Crippen LogP contribution in [0.15, 0.2) is 18.2 Å². The summed E-state index contributed by atoms with van der Waals surface area (Å²) >= 11 is 6.11. The first kappa shape index (κ1) is 12.6. The van der Waals surface area contributed by atoms with Gasteiger partial charge in [-0.3, -0.25) is 0 Å². The van der Waals surface area contributed by atoms with Crippen LogP contribution in [0.25, 0.3) is 0 Å². The van der Waals surface area contributed by atoms with E-state index in [2.05, 4.69) is 9.97 Å². The molecule has 1 aromatic carbocycles. The second kappa shape index (κ2) is 4.82. The highest BCUT2D eigenvalue weighted by Crippen LogP contribution is 2.31. The monoisotopic (exact) mass is 263 g/mol. The van der Waals surface area contributed by atoms with Gasteiger partial charge in [-0.05, 0) is 38.5 Å². The van der Waals surface area contributed by atoms with E-state index in [9.17, 15) is 0 Å². The van der Waals surface area contributed by atoms with Crippen LogP contribution in [-0.4, -0.2) is 9.97 Å². The number of anilines is 1. The van der Waals surface area contributed by atoms with Gasteiger partial charge in [0, 0.05) is 0 Å². The zero-order valence-electron chi connectivity index (χ0n) is 10.5. The zero-order valence-corrected chi connectivity index (χ0v) is 11.2. The van der Waals surface area contributed by atoms with Crippen molar-refractivity contribution in [1.82, 2.24) is 9.97 Å². The molecule has 1 aromatic heterocycles. The van der Waals surface area contributed by atoms with E-state index in [0.29, 0.717) is 33.9 Å². The topological polar surface area (TPSA) is 61.0 Å². The van der Waals surface area contributed by atoms with Gasteiger partial charge < -0.3 is 10.5 Å². The average molecular weight is 264 g/mol. The van der Waals surface area contributed by atoms with Crippen LogP contribution < -0.4 is 10.5 Å².